The highest BCUT2D eigenvalue weighted by Crippen LogP contribution is 2.75. The van der Waals surface area contributed by atoms with Gasteiger partial charge >= 0.3 is 5.97 Å². The van der Waals surface area contributed by atoms with Gasteiger partial charge in [-0.2, -0.15) is 5.10 Å². The summed E-state index contributed by atoms with van der Waals surface area (Å²) >= 11 is 0. The number of rotatable bonds is 7. The molecule has 1 aromatic rings. The normalized spacial score (nSPS) is 45.2. The molecule has 3 N–H and O–H groups in total. The summed E-state index contributed by atoms with van der Waals surface area (Å²) in [6.45, 7) is 26.7. The molecule has 8 nitrogen and oxygen atoms in total. The summed E-state index contributed by atoms with van der Waals surface area (Å²) in [5.41, 5.74) is 6.70. The van der Waals surface area contributed by atoms with Crippen LogP contribution in [0.4, 0.5) is 0 Å². The Morgan fingerprint density at radius 3 is 2.40 bits per heavy atom. The van der Waals surface area contributed by atoms with Crippen LogP contribution in [0, 0.1) is 62.1 Å². The van der Waals surface area contributed by atoms with E-state index in [2.05, 4.69) is 87.2 Å². The molecule has 4 aliphatic carbocycles. The number of aliphatic carboxylic acids is 1. The van der Waals surface area contributed by atoms with Crippen molar-refractivity contribution in [2.75, 3.05) is 19.8 Å². The van der Waals surface area contributed by atoms with Crippen molar-refractivity contribution in [1.82, 2.24) is 14.8 Å². The number of hydrogen-bond acceptors (Lipinski definition) is 6. The van der Waals surface area contributed by atoms with Crippen molar-refractivity contribution in [2.45, 2.75) is 132 Å². The van der Waals surface area contributed by atoms with Crippen LogP contribution in [0.5, 0.6) is 0 Å². The Hall–Kier alpha value is -1.77. The highest BCUT2D eigenvalue weighted by atomic mass is 16.5. The molecule has 6 rings (SSSR count). The fraction of sp³-hybridized carbons (Fsp3) is 0.872. The zero-order valence-electron chi connectivity index (χ0n) is 31.2. The molecule has 2 heterocycles. The van der Waals surface area contributed by atoms with Crippen LogP contribution in [0.3, 0.4) is 0 Å². The minimum atomic E-state index is -0.614. The zero-order chi connectivity index (χ0) is 34.6. The minimum Gasteiger partial charge on any atom is -0.481 e. The first-order valence-electron chi connectivity index (χ1n) is 18.5. The van der Waals surface area contributed by atoms with Crippen LogP contribution >= 0.6 is 0 Å². The number of fused-ring (bicyclic) bond motifs is 3. The van der Waals surface area contributed by atoms with Crippen LogP contribution in [0.25, 0.3) is 0 Å². The van der Waals surface area contributed by atoms with Crippen LogP contribution in [-0.4, -0.2) is 57.3 Å². The van der Waals surface area contributed by atoms with Gasteiger partial charge < -0.3 is 20.3 Å². The van der Waals surface area contributed by atoms with E-state index in [0.717, 1.165) is 38.5 Å². The van der Waals surface area contributed by atoms with E-state index in [1.165, 1.54) is 5.57 Å². The molecule has 0 radical (unpaired) electrons. The predicted molar refractivity (Wildman–Crippen MR) is 184 cm³/mol. The summed E-state index contributed by atoms with van der Waals surface area (Å²) in [7, 11) is 0. The Morgan fingerprint density at radius 2 is 1.81 bits per heavy atom. The predicted octanol–water partition coefficient (Wildman–Crippen LogP) is 7.56. The van der Waals surface area contributed by atoms with Crippen LogP contribution in [-0.2, 0) is 14.3 Å². The number of nitrogens with two attached hydrogens (primary N) is 1. The Balaban J connectivity index is 1.43. The number of aromatic nitrogens is 3. The fourth-order valence-corrected chi connectivity index (χ4v) is 12.0. The largest absolute Gasteiger partial charge is 0.481 e. The molecule has 0 aromatic carbocycles. The number of carbonyl (C=O) groups is 1. The standard InChI is InChI=1S/C39H64N4O4/c1-24(2)25(3)34(7)16-17-36(9)26-12-13-29-35(8)19-46-21-39(29,27(26)14-15-37(36,10)30(34)32(44)45)18-28(43-23-41-22-42-43)31(35)47-20-38(11,40)33(4,5)6/h14,22-26,28-31H,12-13,15-21,40H2,1-11H3,(H,44,45)/t25-,26+,28-,29+,30-,31+,34-,35-,36-,37+,38+,39+/m1/s1. The summed E-state index contributed by atoms with van der Waals surface area (Å²) in [5.74, 6) is 0.468. The molecule has 3 saturated carbocycles. The number of carboxylic acids is 1. The minimum absolute atomic E-state index is 0.00695. The third kappa shape index (κ3) is 4.80. The lowest BCUT2D eigenvalue weighted by molar-refractivity contribution is -0.253. The lowest BCUT2D eigenvalue weighted by atomic mass is 9.34. The Kier molecular flexibility index (Phi) is 8.29. The van der Waals surface area contributed by atoms with E-state index in [1.54, 1.807) is 6.33 Å². The first-order valence-corrected chi connectivity index (χ1v) is 18.5. The molecule has 264 valence electrons. The molecule has 2 bridgehead atoms. The second kappa shape index (κ2) is 11.1. The van der Waals surface area contributed by atoms with Gasteiger partial charge in [0, 0.05) is 16.4 Å². The number of nitrogens with zero attached hydrogens (tertiary/aromatic N) is 3. The molecule has 1 aliphatic heterocycles. The maximum Gasteiger partial charge on any atom is 0.307 e. The highest BCUT2D eigenvalue weighted by molar-refractivity contribution is 5.73. The van der Waals surface area contributed by atoms with Crippen molar-refractivity contribution in [2.24, 2.45) is 67.8 Å². The van der Waals surface area contributed by atoms with Crippen molar-refractivity contribution in [3.05, 3.63) is 24.3 Å². The number of carboxylic acid groups (broad SMARTS) is 1. The maximum atomic E-state index is 13.4. The van der Waals surface area contributed by atoms with Gasteiger partial charge in [0.15, 0.2) is 0 Å². The highest BCUT2D eigenvalue weighted by Gasteiger charge is 2.72. The van der Waals surface area contributed by atoms with Gasteiger partial charge in [-0.05, 0) is 90.8 Å². The van der Waals surface area contributed by atoms with E-state index in [9.17, 15) is 9.90 Å². The van der Waals surface area contributed by atoms with E-state index in [1.807, 2.05) is 11.0 Å². The number of allylic oxidation sites excluding steroid dienone is 1. The topological polar surface area (TPSA) is 112 Å². The molecule has 5 aliphatic rings. The van der Waals surface area contributed by atoms with E-state index in [4.69, 9.17) is 20.3 Å². The maximum absolute atomic E-state index is 13.4. The molecule has 1 saturated heterocycles. The van der Waals surface area contributed by atoms with E-state index >= 15 is 0 Å². The fourth-order valence-electron chi connectivity index (χ4n) is 12.0. The third-order valence-electron chi connectivity index (χ3n) is 16.1. The second-order valence-electron chi connectivity index (χ2n) is 19.4. The molecular weight excluding hydrogens is 588 g/mol. The van der Waals surface area contributed by atoms with Crippen LogP contribution in [0.2, 0.25) is 0 Å². The first-order chi connectivity index (χ1) is 21.7. The lowest BCUT2D eigenvalue weighted by Crippen LogP contribution is -2.69. The van der Waals surface area contributed by atoms with Gasteiger partial charge in [0.05, 0.1) is 37.9 Å². The van der Waals surface area contributed by atoms with E-state index in [0.29, 0.717) is 43.5 Å². The number of ether oxygens (including phenoxy) is 2. The second-order valence-corrected chi connectivity index (χ2v) is 19.4. The summed E-state index contributed by atoms with van der Waals surface area (Å²) in [6, 6.07) is -0.00695. The van der Waals surface area contributed by atoms with Gasteiger partial charge in [0.1, 0.15) is 12.7 Å². The zero-order valence-corrected chi connectivity index (χ0v) is 31.2. The van der Waals surface area contributed by atoms with Crippen molar-refractivity contribution < 1.29 is 19.4 Å². The molecule has 0 spiro atoms. The average Bonchev–Trinajstić information content (AvgIpc) is 3.50. The summed E-state index contributed by atoms with van der Waals surface area (Å²) in [4.78, 5) is 17.8. The summed E-state index contributed by atoms with van der Waals surface area (Å²) < 4.78 is 15.8. The molecule has 47 heavy (non-hydrogen) atoms. The quantitative estimate of drug-likeness (QED) is 0.293. The van der Waals surface area contributed by atoms with Gasteiger partial charge in [-0.25, -0.2) is 9.67 Å². The average molecular weight is 653 g/mol. The van der Waals surface area contributed by atoms with E-state index in [-0.39, 0.29) is 44.6 Å². The molecule has 4 fully saturated rings. The Bertz CT molecular complexity index is 1380. The Morgan fingerprint density at radius 1 is 1.11 bits per heavy atom. The number of hydrogen-bond donors (Lipinski definition) is 2. The van der Waals surface area contributed by atoms with Crippen LogP contribution < -0.4 is 5.73 Å². The molecule has 8 heteroatoms. The molecule has 12 atom stereocenters. The molecule has 1 aromatic heterocycles. The summed E-state index contributed by atoms with van der Waals surface area (Å²) in [6.07, 6.45) is 11.7. The van der Waals surface area contributed by atoms with Gasteiger partial charge in [-0.1, -0.05) is 80.9 Å². The van der Waals surface area contributed by atoms with Gasteiger partial charge in [0.2, 0.25) is 0 Å². The first kappa shape index (κ1) is 35.1. The van der Waals surface area contributed by atoms with Crippen LogP contribution in [0.1, 0.15) is 121 Å². The van der Waals surface area contributed by atoms with Gasteiger partial charge in [0.25, 0.3) is 0 Å². The van der Waals surface area contributed by atoms with Crippen LogP contribution in [0.15, 0.2) is 24.3 Å². The van der Waals surface area contributed by atoms with Gasteiger partial charge in [-0.15, -0.1) is 0 Å². The smallest absolute Gasteiger partial charge is 0.307 e. The lowest BCUT2D eigenvalue weighted by Gasteiger charge is -2.71. The van der Waals surface area contributed by atoms with Crippen molar-refractivity contribution in [3.8, 4) is 0 Å². The molecular formula is C39H64N4O4. The van der Waals surface area contributed by atoms with Gasteiger partial charge in [-0.3, -0.25) is 4.79 Å². The summed E-state index contributed by atoms with van der Waals surface area (Å²) in [5, 5.41) is 15.7. The third-order valence-corrected chi connectivity index (χ3v) is 16.1. The molecule has 0 unspecified atom stereocenters. The monoisotopic (exact) mass is 652 g/mol. The van der Waals surface area contributed by atoms with Crippen molar-refractivity contribution >= 4 is 5.97 Å². The van der Waals surface area contributed by atoms with Crippen molar-refractivity contribution in [1.29, 1.82) is 0 Å². The van der Waals surface area contributed by atoms with Crippen molar-refractivity contribution in [3.63, 3.8) is 0 Å². The Labute approximate surface area is 284 Å². The molecule has 0 amide bonds. The SMILES string of the molecule is CC(C)[C@@H](C)[C@@]1(C)CC[C@]2(C)[C@H]3CC[C@@H]4[C@@]5(COC[C@@]4(C)[C@@H](OC[C@](C)(N)C(C)(C)C)[C@H](n4cncn4)C5)C3=CC[C@@]2(C)[C@@H]1C(=O)O. The van der Waals surface area contributed by atoms with E-state index < -0.39 is 17.4 Å².